The third kappa shape index (κ3) is 2.36. The van der Waals surface area contributed by atoms with Gasteiger partial charge in [0.05, 0.1) is 16.6 Å². The van der Waals surface area contributed by atoms with Crippen LogP contribution in [-0.4, -0.2) is 19.4 Å². The number of carbonyl (C=O) groups is 1. The number of benzene rings is 1. The highest BCUT2D eigenvalue weighted by atomic mass is 79.9. The number of hydrogen-bond donors (Lipinski definition) is 1. The van der Waals surface area contributed by atoms with Crippen molar-refractivity contribution in [2.24, 2.45) is 0 Å². The molecule has 0 aliphatic rings. The Balaban J connectivity index is 3.09. The molecule has 0 saturated heterocycles. The molecular formula is C9H8BrF2NO. The highest BCUT2D eigenvalue weighted by Crippen LogP contribution is 2.20. The average Bonchev–Trinajstić information content (AvgIpc) is 2.11. The zero-order valence-electron chi connectivity index (χ0n) is 7.40. The number of carbonyl (C=O) groups excluding carboxylic acids is 1. The SMILES string of the molecule is CNCC(=O)c1cc(Br)c(F)cc1F. The predicted octanol–water partition coefficient (Wildman–Crippen LogP) is 2.13. The van der Waals surface area contributed by atoms with Gasteiger partial charge in [-0.15, -0.1) is 0 Å². The minimum absolute atomic E-state index is 0.0228. The van der Waals surface area contributed by atoms with Crippen molar-refractivity contribution in [2.75, 3.05) is 13.6 Å². The van der Waals surface area contributed by atoms with Crippen molar-refractivity contribution in [2.45, 2.75) is 0 Å². The van der Waals surface area contributed by atoms with E-state index in [-0.39, 0.29) is 16.6 Å². The number of likely N-dealkylation sites (N-methyl/N-ethyl adjacent to an activating group) is 1. The molecule has 1 rings (SSSR count). The Morgan fingerprint density at radius 1 is 1.43 bits per heavy atom. The van der Waals surface area contributed by atoms with Crippen molar-refractivity contribution in [3.05, 3.63) is 33.8 Å². The van der Waals surface area contributed by atoms with Crippen LogP contribution in [0.25, 0.3) is 0 Å². The van der Waals surface area contributed by atoms with Crippen LogP contribution < -0.4 is 5.32 Å². The summed E-state index contributed by atoms with van der Waals surface area (Å²) in [4.78, 5) is 11.3. The quantitative estimate of drug-likeness (QED) is 0.669. The predicted molar refractivity (Wildman–Crippen MR) is 52.3 cm³/mol. The summed E-state index contributed by atoms with van der Waals surface area (Å²) in [5.41, 5.74) is -0.118. The van der Waals surface area contributed by atoms with Crippen molar-refractivity contribution in [3.8, 4) is 0 Å². The van der Waals surface area contributed by atoms with Crippen molar-refractivity contribution in [1.82, 2.24) is 5.32 Å². The van der Waals surface area contributed by atoms with E-state index in [1.165, 1.54) is 0 Å². The fourth-order valence-corrected chi connectivity index (χ4v) is 1.34. The molecule has 0 heterocycles. The monoisotopic (exact) mass is 263 g/mol. The molecule has 0 aliphatic heterocycles. The average molecular weight is 264 g/mol. The fourth-order valence-electron chi connectivity index (χ4n) is 0.992. The number of ketones is 1. The minimum Gasteiger partial charge on any atom is -0.313 e. The third-order valence-electron chi connectivity index (χ3n) is 1.65. The Morgan fingerprint density at radius 3 is 2.64 bits per heavy atom. The summed E-state index contributed by atoms with van der Waals surface area (Å²) in [5, 5.41) is 2.60. The van der Waals surface area contributed by atoms with E-state index >= 15 is 0 Å². The van der Waals surface area contributed by atoms with Gasteiger partial charge < -0.3 is 5.32 Å². The Kier molecular flexibility index (Phi) is 3.71. The molecule has 0 aliphatic carbocycles. The van der Waals surface area contributed by atoms with E-state index in [0.717, 1.165) is 6.07 Å². The summed E-state index contributed by atoms with van der Waals surface area (Å²) in [5.74, 6) is -1.97. The molecule has 0 radical (unpaired) electrons. The first kappa shape index (κ1) is 11.3. The van der Waals surface area contributed by atoms with Gasteiger partial charge in [0.1, 0.15) is 11.6 Å². The molecule has 2 nitrogen and oxygen atoms in total. The number of Topliss-reactive ketones (excluding diaryl/α,β-unsaturated/α-hetero) is 1. The highest BCUT2D eigenvalue weighted by Gasteiger charge is 2.13. The van der Waals surface area contributed by atoms with E-state index in [2.05, 4.69) is 21.2 Å². The van der Waals surface area contributed by atoms with Gasteiger partial charge in [0, 0.05) is 6.07 Å². The first-order valence-corrected chi connectivity index (χ1v) is 4.68. The number of hydrogen-bond acceptors (Lipinski definition) is 2. The molecule has 0 fully saturated rings. The van der Waals surface area contributed by atoms with Gasteiger partial charge in [-0.3, -0.25) is 4.79 Å². The number of rotatable bonds is 3. The smallest absolute Gasteiger partial charge is 0.179 e. The maximum Gasteiger partial charge on any atom is 0.179 e. The summed E-state index contributed by atoms with van der Waals surface area (Å²) >= 11 is 2.89. The van der Waals surface area contributed by atoms with Gasteiger partial charge in [-0.2, -0.15) is 0 Å². The summed E-state index contributed by atoms with van der Waals surface area (Å²) in [7, 11) is 1.58. The van der Waals surface area contributed by atoms with Crippen LogP contribution in [0.2, 0.25) is 0 Å². The molecular weight excluding hydrogens is 256 g/mol. The van der Waals surface area contributed by atoms with Crippen LogP contribution in [0, 0.1) is 11.6 Å². The van der Waals surface area contributed by atoms with Gasteiger partial charge >= 0.3 is 0 Å². The van der Waals surface area contributed by atoms with Crippen LogP contribution in [-0.2, 0) is 0 Å². The largest absolute Gasteiger partial charge is 0.313 e. The number of halogens is 3. The van der Waals surface area contributed by atoms with Gasteiger partial charge in [-0.25, -0.2) is 8.78 Å². The second kappa shape index (κ2) is 4.61. The van der Waals surface area contributed by atoms with Crippen molar-refractivity contribution in [1.29, 1.82) is 0 Å². The third-order valence-corrected chi connectivity index (χ3v) is 2.26. The van der Waals surface area contributed by atoms with E-state index in [1.807, 2.05) is 0 Å². The van der Waals surface area contributed by atoms with E-state index in [4.69, 9.17) is 0 Å². The van der Waals surface area contributed by atoms with Crippen LogP contribution in [0.3, 0.4) is 0 Å². The Labute approximate surface area is 88.4 Å². The van der Waals surface area contributed by atoms with Crippen LogP contribution >= 0.6 is 15.9 Å². The van der Waals surface area contributed by atoms with E-state index in [1.54, 1.807) is 7.05 Å². The lowest BCUT2D eigenvalue weighted by atomic mass is 10.1. The molecule has 14 heavy (non-hydrogen) atoms. The lowest BCUT2D eigenvalue weighted by Gasteiger charge is -2.03. The van der Waals surface area contributed by atoms with Crippen molar-refractivity contribution in [3.63, 3.8) is 0 Å². The Morgan fingerprint density at radius 2 is 2.07 bits per heavy atom. The summed E-state index contributed by atoms with van der Waals surface area (Å²) in [6.07, 6.45) is 0. The molecule has 0 spiro atoms. The first-order chi connectivity index (χ1) is 6.56. The zero-order valence-corrected chi connectivity index (χ0v) is 8.99. The van der Waals surface area contributed by atoms with Gasteiger partial charge in [0.25, 0.3) is 0 Å². The molecule has 0 bridgehead atoms. The lowest BCUT2D eigenvalue weighted by Crippen LogP contribution is -2.19. The van der Waals surface area contributed by atoms with Gasteiger partial charge in [-0.05, 0) is 29.0 Å². The standard InChI is InChI=1S/C9H8BrF2NO/c1-13-4-9(14)5-2-6(10)8(12)3-7(5)11/h2-3,13H,4H2,1H3. The zero-order chi connectivity index (χ0) is 10.7. The van der Waals surface area contributed by atoms with E-state index in [9.17, 15) is 13.6 Å². The Hall–Kier alpha value is -0.810. The highest BCUT2D eigenvalue weighted by molar-refractivity contribution is 9.10. The molecule has 1 N–H and O–H groups in total. The Bertz CT molecular complexity index is 368. The normalized spacial score (nSPS) is 10.3. The maximum absolute atomic E-state index is 13.1. The summed E-state index contributed by atoms with van der Waals surface area (Å²) in [6, 6.07) is 1.83. The first-order valence-electron chi connectivity index (χ1n) is 3.88. The summed E-state index contributed by atoms with van der Waals surface area (Å²) in [6.45, 7) is 0.0228. The molecule has 5 heteroatoms. The van der Waals surface area contributed by atoms with Crippen LogP contribution in [0.5, 0.6) is 0 Å². The second-order valence-electron chi connectivity index (χ2n) is 2.70. The lowest BCUT2D eigenvalue weighted by molar-refractivity contribution is 0.0989. The molecule has 0 saturated carbocycles. The topological polar surface area (TPSA) is 29.1 Å². The van der Waals surface area contributed by atoms with Crippen LogP contribution in [0.1, 0.15) is 10.4 Å². The van der Waals surface area contributed by atoms with Gasteiger partial charge in [-0.1, -0.05) is 0 Å². The minimum atomic E-state index is -0.842. The van der Waals surface area contributed by atoms with E-state index < -0.39 is 17.4 Å². The molecule has 1 aromatic rings. The fraction of sp³-hybridized carbons (Fsp3) is 0.222. The second-order valence-corrected chi connectivity index (χ2v) is 3.55. The van der Waals surface area contributed by atoms with Crippen molar-refractivity contribution < 1.29 is 13.6 Å². The maximum atomic E-state index is 13.1. The van der Waals surface area contributed by atoms with Crippen LogP contribution in [0.15, 0.2) is 16.6 Å². The van der Waals surface area contributed by atoms with E-state index in [0.29, 0.717) is 6.07 Å². The summed E-state index contributed by atoms with van der Waals surface area (Å²) < 4.78 is 26.0. The molecule has 1 aromatic carbocycles. The molecule has 0 atom stereocenters. The molecule has 76 valence electrons. The van der Waals surface area contributed by atoms with Crippen molar-refractivity contribution >= 4 is 21.7 Å². The van der Waals surface area contributed by atoms with Crippen LogP contribution in [0.4, 0.5) is 8.78 Å². The van der Waals surface area contributed by atoms with Gasteiger partial charge in [0.15, 0.2) is 5.78 Å². The van der Waals surface area contributed by atoms with Gasteiger partial charge in [0.2, 0.25) is 0 Å². The molecule has 0 aromatic heterocycles. The molecule has 0 unspecified atom stereocenters. The molecule has 0 amide bonds. The number of nitrogens with one attached hydrogen (secondary N) is 1.